The summed E-state index contributed by atoms with van der Waals surface area (Å²) < 4.78 is 1.90. The summed E-state index contributed by atoms with van der Waals surface area (Å²) in [6, 6.07) is 0.253. The van der Waals surface area contributed by atoms with Crippen molar-refractivity contribution in [3.8, 4) is 0 Å². The largest absolute Gasteiger partial charge is 0.289 e. The Morgan fingerprint density at radius 1 is 1.30 bits per heavy atom. The topological polar surface area (TPSA) is 47.8 Å². The van der Waals surface area contributed by atoms with Crippen molar-refractivity contribution in [2.24, 2.45) is 0 Å². The molecule has 4 nitrogen and oxygen atoms in total. The molecule has 0 atom stereocenters. The molecule has 0 aliphatic rings. The number of nitrogens with zero attached hydrogens (tertiary/aromatic N) is 3. The molecule has 0 amide bonds. The lowest BCUT2D eigenvalue weighted by Gasteiger charge is -2.07. The highest BCUT2D eigenvalue weighted by Crippen LogP contribution is 2.19. The van der Waals surface area contributed by atoms with E-state index in [-0.39, 0.29) is 11.8 Å². The van der Waals surface area contributed by atoms with Crippen LogP contribution in [0.5, 0.6) is 0 Å². The van der Waals surface area contributed by atoms with Crippen LogP contribution in [0.1, 0.15) is 52.2 Å². The number of hydrogen-bond donors (Lipinski definition) is 0. The molecule has 2 aromatic rings. The zero-order valence-corrected chi connectivity index (χ0v) is 13.3. The van der Waals surface area contributed by atoms with Gasteiger partial charge >= 0.3 is 0 Å². The molecular formula is C15H19N3OS. The molecule has 20 heavy (non-hydrogen) atoms. The summed E-state index contributed by atoms with van der Waals surface area (Å²) in [6.07, 6.45) is 3.45. The second-order valence-electron chi connectivity index (χ2n) is 5.08. The summed E-state index contributed by atoms with van der Waals surface area (Å²) in [5.74, 6) is -0.000278. The molecule has 0 aliphatic heterocycles. The first-order valence-electron chi connectivity index (χ1n) is 6.60. The van der Waals surface area contributed by atoms with Gasteiger partial charge in [0.25, 0.3) is 0 Å². The summed E-state index contributed by atoms with van der Waals surface area (Å²) in [5, 5.41) is 4.45. The third-order valence-electron chi connectivity index (χ3n) is 3.23. The molecule has 0 spiro atoms. The second kappa shape index (κ2) is 5.71. The number of aromatic nitrogens is 3. The highest BCUT2D eigenvalue weighted by atomic mass is 32.1. The molecule has 0 saturated heterocycles. The van der Waals surface area contributed by atoms with Crippen molar-refractivity contribution in [2.45, 2.75) is 40.7 Å². The number of hydrogen-bond acceptors (Lipinski definition) is 4. The molecule has 0 aliphatic carbocycles. The number of carbonyl (C=O) groups is 1. The van der Waals surface area contributed by atoms with Crippen molar-refractivity contribution in [3.63, 3.8) is 0 Å². The van der Waals surface area contributed by atoms with Gasteiger partial charge in [0.2, 0.25) is 0 Å². The van der Waals surface area contributed by atoms with Gasteiger partial charge in [-0.05, 0) is 46.8 Å². The van der Waals surface area contributed by atoms with E-state index in [2.05, 4.69) is 23.9 Å². The summed E-state index contributed by atoms with van der Waals surface area (Å²) in [6.45, 7) is 9.88. The Balaban J connectivity index is 2.31. The molecule has 0 unspecified atom stereocenters. The molecular weight excluding hydrogens is 270 g/mol. The van der Waals surface area contributed by atoms with Gasteiger partial charge in [-0.15, -0.1) is 11.3 Å². The molecule has 0 fully saturated rings. The number of aryl methyl sites for hydroxylation is 2. The van der Waals surface area contributed by atoms with Crippen molar-refractivity contribution >= 4 is 23.2 Å². The Morgan fingerprint density at radius 2 is 2.00 bits per heavy atom. The molecule has 0 saturated carbocycles. The zero-order chi connectivity index (χ0) is 14.9. The quantitative estimate of drug-likeness (QED) is 0.636. The van der Waals surface area contributed by atoms with Gasteiger partial charge in [0.05, 0.1) is 22.5 Å². The molecule has 0 radical (unpaired) electrons. The molecule has 2 aromatic heterocycles. The van der Waals surface area contributed by atoms with Crippen LogP contribution in [0, 0.1) is 20.8 Å². The van der Waals surface area contributed by atoms with Gasteiger partial charge in [0, 0.05) is 16.6 Å². The van der Waals surface area contributed by atoms with Gasteiger partial charge < -0.3 is 0 Å². The summed E-state index contributed by atoms with van der Waals surface area (Å²) in [7, 11) is 0. The maximum absolute atomic E-state index is 12.4. The fourth-order valence-corrected chi connectivity index (χ4v) is 2.92. The monoisotopic (exact) mass is 289 g/mol. The Labute approximate surface area is 123 Å². The van der Waals surface area contributed by atoms with Crippen LogP contribution in [0.4, 0.5) is 0 Å². The lowest BCUT2D eigenvalue weighted by Crippen LogP contribution is -2.06. The van der Waals surface area contributed by atoms with Crippen LogP contribution in [0.3, 0.4) is 0 Å². The van der Waals surface area contributed by atoms with Gasteiger partial charge in [-0.2, -0.15) is 5.10 Å². The molecule has 0 N–H and O–H groups in total. The van der Waals surface area contributed by atoms with Crippen LogP contribution >= 0.6 is 11.3 Å². The Morgan fingerprint density at radius 3 is 2.50 bits per heavy atom. The van der Waals surface area contributed by atoms with E-state index >= 15 is 0 Å². The maximum atomic E-state index is 12.4. The van der Waals surface area contributed by atoms with E-state index in [0.717, 1.165) is 22.0 Å². The minimum Gasteiger partial charge on any atom is -0.289 e. The first kappa shape index (κ1) is 14.7. The maximum Gasteiger partial charge on any atom is 0.189 e. The van der Waals surface area contributed by atoms with Crippen LogP contribution in [0.15, 0.2) is 11.6 Å². The first-order valence-corrected chi connectivity index (χ1v) is 7.48. The summed E-state index contributed by atoms with van der Waals surface area (Å²) in [4.78, 5) is 17.6. The standard InChI is InChI=1S/C15H19N3OS/c1-9(2)18-12(5)15(11(4)17-18)13(19)6-7-14-10(3)16-8-20-14/h6-9H,1-5H3/b7-6+. The van der Waals surface area contributed by atoms with Crippen molar-refractivity contribution in [3.05, 3.63) is 39.1 Å². The molecule has 0 aromatic carbocycles. The minimum atomic E-state index is -0.000278. The van der Waals surface area contributed by atoms with Gasteiger partial charge in [0.1, 0.15) is 0 Å². The van der Waals surface area contributed by atoms with Gasteiger partial charge in [-0.25, -0.2) is 4.98 Å². The van der Waals surface area contributed by atoms with Gasteiger partial charge in [-0.1, -0.05) is 0 Å². The number of ketones is 1. The molecule has 2 heterocycles. The third kappa shape index (κ3) is 2.72. The van der Waals surface area contributed by atoms with E-state index in [1.807, 2.05) is 31.5 Å². The zero-order valence-electron chi connectivity index (χ0n) is 12.5. The van der Waals surface area contributed by atoms with Gasteiger partial charge in [0.15, 0.2) is 5.78 Å². The lowest BCUT2D eigenvalue weighted by atomic mass is 10.1. The normalized spacial score (nSPS) is 11.7. The highest BCUT2D eigenvalue weighted by molar-refractivity contribution is 7.10. The van der Waals surface area contributed by atoms with Crippen molar-refractivity contribution in [1.82, 2.24) is 14.8 Å². The van der Waals surface area contributed by atoms with Crippen LogP contribution in [-0.2, 0) is 0 Å². The van der Waals surface area contributed by atoms with Crippen LogP contribution < -0.4 is 0 Å². The van der Waals surface area contributed by atoms with E-state index in [9.17, 15) is 4.79 Å². The van der Waals surface area contributed by atoms with E-state index in [4.69, 9.17) is 0 Å². The second-order valence-corrected chi connectivity index (χ2v) is 5.97. The van der Waals surface area contributed by atoms with Crippen LogP contribution in [-0.4, -0.2) is 20.5 Å². The fraction of sp³-hybridized carbons (Fsp3) is 0.400. The predicted octanol–water partition coefficient (Wildman–Crippen LogP) is 3.74. The Kier molecular flexibility index (Phi) is 4.18. The summed E-state index contributed by atoms with van der Waals surface area (Å²) in [5.41, 5.74) is 5.15. The lowest BCUT2D eigenvalue weighted by molar-refractivity contribution is 0.104. The van der Waals surface area contributed by atoms with Crippen molar-refractivity contribution < 1.29 is 4.79 Å². The number of carbonyl (C=O) groups excluding carboxylic acids is 1. The highest BCUT2D eigenvalue weighted by Gasteiger charge is 2.17. The van der Waals surface area contributed by atoms with Crippen LogP contribution in [0.25, 0.3) is 6.08 Å². The Hall–Kier alpha value is -1.75. The molecule has 5 heteroatoms. The van der Waals surface area contributed by atoms with E-state index in [1.54, 1.807) is 11.6 Å². The fourth-order valence-electron chi connectivity index (χ4n) is 2.23. The smallest absolute Gasteiger partial charge is 0.189 e. The average Bonchev–Trinajstić information content (AvgIpc) is 2.90. The number of thiazole rings is 1. The number of rotatable bonds is 4. The van der Waals surface area contributed by atoms with E-state index in [1.165, 1.54) is 11.3 Å². The Bertz CT molecular complexity index is 665. The SMILES string of the molecule is Cc1ncsc1/C=C/C(=O)c1c(C)nn(C(C)C)c1C. The molecule has 106 valence electrons. The summed E-state index contributed by atoms with van der Waals surface area (Å²) >= 11 is 1.53. The third-order valence-corrected chi connectivity index (χ3v) is 4.13. The minimum absolute atomic E-state index is 0.000278. The van der Waals surface area contributed by atoms with Crippen LogP contribution in [0.2, 0.25) is 0 Å². The van der Waals surface area contributed by atoms with E-state index < -0.39 is 0 Å². The number of allylic oxidation sites excluding steroid dienone is 1. The predicted molar refractivity (Wildman–Crippen MR) is 82.3 cm³/mol. The van der Waals surface area contributed by atoms with Crippen molar-refractivity contribution in [1.29, 1.82) is 0 Å². The first-order chi connectivity index (χ1) is 9.41. The molecule has 2 rings (SSSR count). The van der Waals surface area contributed by atoms with Crippen molar-refractivity contribution in [2.75, 3.05) is 0 Å². The average molecular weight is 289 g/mol. The molecule has 0 bridgehead atoms. The van der Waals surface area contributed by atoms with Gasteiger partial charge in [-0.3, -0.25) is 9.48 Å². The van der Waals surface area contributed by atoms with E-state index in [0.29, 0.717) is 5.56 Å².